The third-order valence-electron chi connectivity index (χ3n) is 9.06. The summed E-state index contributed by atoms with van der Waals surface area (Å²) in [5.41, 5.74) is 0. The molecule has 12 heteroatoms. The summed E-state index contributed by atoms with van der Waals surface area (Å²) in [6.45, 7) is 3.84. The molecule has 0 heterocycles. The average Bonchev–Trinajstić information content (AvgIpc) is 3.13. The van der Waals surface area contributed by atoms with Gasteiger partial charge in [0.1, 0.15) is 19.8 Å². The molecule has 1 unspecified atom stereocenters. The summed E-state index contributed by atoms with van der Waals surface area (Å²) in [4.78, 5) is 37.5. The SMILES string of the molecule is CCCCCCCCCCCCCCCC(=O)OC[C@H](COP(=O)([O-])OCC[N+](C)(C)C)OC(=O)CCC[C@H](O)/C=C/C=C\C/C=C\C=C\[C@H](O)CCCCC. The highest BCUT2D eigenvalue weighted by Gasteiger charge is 2.22. The average molecular weight is 814 g/mol. The summed E-state index contributed by atoms with van der Waals surface area (Å²) in [5, 5.41) is 20.2. The van der Waals surface area contributed by atoms with Crippen LogP contribution in [0, 0.1) is 0 Å². The van der Waals surface area contributed by atoms with Gasteiger partial charge >= 0.3 is 11.9 Å². The van der Waals surface area contributed by atoms with E-state index in [4.69, 9.17) is 18.5 Å². The van der Waals surface area contributed by atoms with Crippen LogP contribution in [0.25, 0.3) is 0 Å². The monoisotopic (exact) mass is 814 g/mol. The van der Waals surface area contributed by atoms with Gasteiger partial charge < -0.3 is 38.1 Å². The molecule has 2 N–H and O–H groups in total. The number of nitrogens with zero attached hydrogens (tertiary/aromatic N) is 1. The number of likely N-dealkylation sites (N-methyl/N-ethyl adjacent to an activating group) is 1. The second-order valence-electron chi connectivity index (χ2n) is 15.8. The molecule has 0 aliphatic rings. The van der Waals surface area contributed by atoms with Crippen LogP contribution in [-0.2, 0) is 32.7 Å². The van der Waals surface area contributed by atoms with Gasteiger partial charge in [-0.2, -0.15) is 0 Å². The van der Waals surface area contributed by atoms with Gasteiger partial charge in [-0.25, -0.2) is 0 Å². The van der Waals surface area contributed by atoms with Gasteiger partial charge in [0.05, 0.1) is 40.0 Å². The summed E-state index contributed by atoms with van der Waals surface area (Å²) >= 11 is 0. The number of unbranched alkanes of at least 4 members (excludes halogenated alkanes) is 14. The maximum absolute atomic E-state index is 12.7. The van der Waals surface area contributed by atoms with Crippen molar-refractivity contribution in [2.24, 2.45) is 0 Å². The fourth-order valence-electron chi connectivity index (χ4n) is 5.57. The Morgan fingerprint density at radius 2 is 1.12 bits per heavy atom. The molecule has 0 aromatic carbocycles. The van der Waals surface area contributed by atoms with E-state index in [-0.39, 0.29) is 26.1 Å². The van der Waals surface area contributed by atoms with Gasteiger partial charge in [-0.3, -0.25) is 14.2 Å². The number of phosphoric ester groups is 1. The van der Waals surface area contributed by atoms with Crippen molar-refractivity contribution in [1.82, 2.24) is 0 Å². The quantitative estimate of drug-likeness (QED) is 0.0203. The van der Waals surface area contributed by atoms with Gasteiger partial charge in [0, 0.05) is 12.8 Å². The number of ether oxygens (including phenoxy) is 2. The molecule has 0 fully saturated rings. The van der Waals surface area contributed by atoms with Crippen LogP contribution in [-0.4, -0.2) is 92.5 Å². The Balaban J connectivity index is 4.63. The van der Waals surface area contributed by atoms with Crippen LogP contribution >= 0.6 is 7.82 Å². The molecular weight excluding hydrogens is 733 g/mol. The molecule has 0 radical (unpaired) electrons. The number of aliphatic hydroxyl groups excluding tert-OH is 2. The Labute approximate surface area is 340 Å². The lowest BCUT2D eigenvalue weighted by molar-refractivity contribution is -0.870. The first-order valence-corrected chi connectivity index (χ1v) is 23.0. The summed E-state index contributed by atoms with van der Waals surface area (Å²) in [7, 11) is 1.02. The van der Waals surface area contributed by atoms with Crippen LogP contribution in [0.3, 0.4) is 0 Å². The lowest BCUT2D eigenvalue weighted by Gasteiger charge is -2.28. The van der Waals surface area contributed by atoms with E-state index >= 15 is 0 Å². The van der Waals surface area contributed by atoms with Crippen LogP contribution in [0.5, 0.6) is 0 Å². The highest BCUT2D eigenvalue weighted by atomic mass is 31.2. The molecule has 326 valence electrons. The number of phosphoric acid groups is 1. The molecule has 0 aromatic heterocycles. The normalized spacial score (nSPS) is 15.2. The molecule has 0 aliphatic carbocycles. The lowest BCUT2D eigenvalue weighted by atomic mass is 10.0. The Kier molecular flexibility index (Phi) is 34.6. The Morgan fingerprint density at radius 1 is 0.643 bits per heavy atom. The van der Waals surface area contributed by atoms with E-state index in [0.717, 1.165) is 44.9 Å². The molecule has 0 aliphatic heterocycles. The number of carbonyl (C=O) groups excluding carboxylic acids is 2. The maximum Gasteiger partial charge on any atom is 0.306 e. The first kappa shape index (κ1) is 53.9. The van der Waals surface area contributed by atoms with Gasteiger partial charge in [-0.05, 0) is 32.1 Å². The van der Waals surface area contributed by atoms with E-state index in [1.807, 2.05) is 51.5 Å². The number of quaternary nitrogens is 1. The number of hydrogen-bond donors (Lipinski definition) is 2. The number of hydrogen-bond acceptors (Lipinski definition) is 10. The second kappa shape index (κ2) is 36.0. The molecule has 0 saturated heterocycles. The van der Waals surface area contributed by atoms with E-state index in [1.54, 1.807) is 18.2 Å². The third-order valence-corrected chi connectivity index (χ3v) is 10.0. The summed E-state index contributed by atoms with van der Waals surface area (Å²) in [6.07, 6.45) is 33.5. The summed E-state index contributed by atoms with van der Waals surface area (Å²) < 4.78 is 33.6. The van der Waals surface area contributed by atoms with E-state index in [1.165, 1.54) is 57.8 Å². The predicted octanol–water partition coefficient (Wildman–Crippen LogP) is 9.22. The summed E-state index contributed by atoms with van der Waals surface area (Å²) in [6, 6.07) is 0. The molecule has 11 nitrogen and oxygen atoms in total. The fourth-order valence-corrected chi connectivity index (χ4v) is 6.30. The Bertz CT molecular complexity index is 1130. The first-order valence-electron chi connectivity index (χ1n) is 21.6. The van der Waals surface area contributed by atoms with Crippen molar-refractivity contribution in [3.8, 4) is 0 Å². The van der Waals surface area contributed by atoms with Crippen molar-refractivity contribution in [2.45, 2.75) is 173 Å². The smallest absolute Gasteiger partial charge is 0.306 e. The maximum atomic E-state index is 12.7. The van der Waals surface area contributed by atoms with Crippen molar-refractivity contribution in [3.05, 3.63) is 48.6 Å². The van der Waals surface area contributed by atoms with Crippen molar-refractivity contribution < 1.29 is 52.3 Å². The van der Waals surface area contributed by atoms with Crippen LogP contribution < -0.4 is 4.89 Å². The van der Waals surface area contributed by atoms with E-state index in [0.29, 0.717) is 36.7 Å². The number of esters is 2. The zero-order chi connectivity index (χ0) is 41.8. The molecule has 0 rings (SSSR count). The van der Waals surface area contributed by atoms with Gasteiger partial charge in [0.25, 0.3) is 7.82 Å². The molecule has 0 saturated carbocycles. The highest BCUT2D eigenvalue weighted by Crippen LogP contribution is 2.38. The third kappa shape index (κ3) is 38.7. The predicted molar refractivity (Wildman–Crippen MR) is 225 cm³/mol. The van der Waals surface area contributed by atoms with E-state index < -0.39 is 44.7 Å². The van der Waals surface area contributed by atoms with Crippen LogP contribution in [0.1, 0.15) is 155 Å². The number of aliphatic hydroxyl groups is 2. The van der Waals surface area contributed by atoms with Crippen LogP contribution in [0.4, 0.5) is 0 Å². The number of carbonyl (C=O) groups is 2. The Morgan fingerprint density at radius 3 is 1.66 bits per heavy atom. The molecule has 0 aromatic rings. The zero-order valence-electron chi connectivity index (χ0n) is 35.8. The van der Waals surface area contributed by atoms with Gasteiger partial charge in [0.2, 0.25) is 0 Å². The number of allylic oxidation sites excluding steroid dienone is 6. The fraction of sp³-hybridized carbons (Fsp3) is 0.773. The van der Waals surface area contributed by atoms with E-state index in [9.17, 15) is 29.3 Å². The van der Waals surface area contributed by atoms with Gasteiger partial charge in [-0.1, -0.05) is 159 Å². The topological polar surface area (TPSA) is 152 Å². The van der Waals surface area contributed by atoms with Crippen molar-refractivity contribution in [3.63, 3.8) is 0 Å². The standard InChI is InChI=1S/C44H80NO10P/c1-6-8-10-11-12-13-14-15-16-17-21-24-28-34-43(48)52-38-42(39-54-56(50,51)53-37-36-45(3,4)5)55-44(49)35-29-33-41(47)32-27-23-20-18-19-22-26-31-40(46)30-25-9-7-2/h19-20,22-23,26-27,31-32,40-42,46-47H,6-18,21,24-25,28-30,33-39H2,1-5H3/b22-19-,23-20-,31-26+,32-27+/t40-,41-,42-/m1/s1. The van der Waals surface area contributed by atoms with Crippen LogP contribution in [0.2, 0.25) is 0 Å². The molecule has 0 spiro atoms. The molecular formula is C44H80NO10P. The van der Waals surface area contributed by atoms with Crippen molar-refractivity contribution in [1.29, 1.82) is 0 Å². The molecule has 0 bridgehead atoms. The molecule has 56 heavy (non-hydrogen) atoms. The molecule has 0 amide bonds. The van der Waals surface area contributed by atoms with Crippen LogP contribution in [0.15, 0.2) is 48.6 Å². The summed E-state index contributed by atoms with van der Waals surface area (Å²) in [5.74, 6) is -1.06. The van der Waals surface area contributed by atoms with Crippen molar-refractivity contribution >= 4 is 19.8 Å². The van der Waals surface area contributed by atoms with Gasteiger partial charge in [0.15, 0.2) is 6.10 Å². The lowest BCUT2D eigenvalue weighted by Crippen LogP contribution is -2.37. The highest BCUT2D eigenvalue weighted by molar-refractivity contribution is 7.45. The minimum absolute atomic E-state index is 0.0230. The van der Waals surface area contributed by atoms with E-state index in [2.05, 4.69) is 13.8 Å². The largest absolute Gasteiger partial charge is 0.756 e. The number of rotatable bonds is 38. The zero-order valence-corrected chi connectivity index (χ0v) is 36.7. The second-order valence-corrected chi connectivity index (χ2v) is 17.2. The van der Waals surface area contributed by atoms with Gasteiger partial charge in [-0.15, -0.1) is 0 Å². The van der Waals surface area contributed by atoms with Crippen molar-refractivity contribution in [2.75, 3.05) is 47.5 Å². The Hall–Kier alpha value is -2.11. The minimum Gasteiger partial charge on any atom is -0.756 e. The molecule has 4 atom stereocenters. The first-order chi connectivity index (χ1) is 26.8. The minimum atomic E-state index is -4.69.